The maximum atomic E-state index is 12.5. The van der Waals surface area contributed by atoms with Crippen molar-refractivity contribution < 1.29 is 4.79 Å². The molecule has 0 aliphatic heterocycles. The highest BCUT2D eigenvalue weighted by molar-refractivity contribution is 5.94. The summed E-state index contributed by atoms with van der Waals surface area (Å²) in [7, 11) is 1.82. The van der Waals surface area contributed by atoms with E-state index in [0.717, 1.165) is 31.5 Å². The van der Waals surface area contributed by atoms with Crippen LogP contribution in [0.4, 0.5) is 5.82 Å². The van der Waals surface area contributed by atoms with Crippen LogP contribution in [0.1, 0.15) is 38.5 Å². The maximum Gasteiger partial charge on any atom is 0.233 e. The third kappa shape index (κ3) is 2.56. The lowest BCUT2D eigenvalue weighted by Gasteiger charge is -2.29. The van der Waals surface area contributed by atoms with Gasteiger partial charge in [0.05, 0.1) is 11.6 Å². The first-order valence-electron chi connectivity index (χ1n) is 6.67. The third-order valence-corrected chi connectivity index (χ3v) is 4.00. The van der Waals surface area contributed by atoms with Gasteiger partial charge in [-0.1, -0.05) is 25.7 Å². The van der Waals surface area contributed by atoms with E-state index in [1.54, 1.807) is 16.9 Å². The normalized spacial score (nSPS) is 19.2. The Morgan fingerprint density at radius 2 is 2.11 bits per heavy atom. The summed E-state index contributed by atoms with van der Waals surface area (Å²) in [5.74, 6) is 0.785. The Morgan fingerprint density at radius 3 is 2.61 bits per heavy atom. The Labute approximate surface area is 108 Å². The van der Waals surface area contributed by atoms with E-state index in [2.05, 4.69) is 10.4 Å². The number of rotatable bonds is 3. The number of hydrogen-bond acceptors (Lipinski definition) is 3. The van der Waals surface area contributed by atoms with E-state index in [9.17, 15) is 4.79 Å². The highest BCUT2D eigenvalue weighted by atomic mass is 16.2. The summed E-state index contributed by atoms with van der Waals surface area (Å²) in [6.07, 6.45) is 8.08. The van der Waals surface area contributed by atoms with Gasteiger partial charge in [0.1, 0.15) is 5.82 Å². The lowest BCUT2D eigenvalue weighted by molar-refractivity contribution is -0.125. The number of carbonyl (C=O) groups excluding carboxylic acids is 1. The molecular formula is C13H22N4O. The van der Waals surface area contributed by atoms with Crippen molar-refractivity contribution in [3.8, 4) is 0 Å². The molecule has 1 heterocycles. The molecule has 18 heavy (non-hydrogen) atoms. The van der Waals surface area contributed by atoms with E-state index < -0.39 is 0 Å². The largest absolute Gasteiger partial charge is 0.329 e. The number of aryl methyl sites for hydroxylation is 1. The van der Waals surface area contributed by atoms with Crippen molar-refractivity contribution in [1.29, 1.82) is 0 Å². The van der Waals surface area contributed by atoms with Gasteiger partial charge in [-0.3, -0.25) is 9.48 Å². The predicted molar refractivity (Wildman–Crippen MR) is 71.0 cm³/mol. The van der Waals surface area contributed by atoms with Crippen molar-refractivity contribution in [1.82, 2.24) is 9.78 Å². The molecule has 5 heteroatoms. The molecule has 0 unspecified atom stereocenters. The van der Waals surface area contributed by atoms with Crippen LogP contribution in [0, 0.1) is 5.41 Å². The van der Waals surface area contributed by atoms with Crippen LogP contribution in [0.2, 0.25) is 0 Å². The van der Waals surface area contributed by atoms with Crippen molar-refractivity contribution >= 4 is 11.7 Å². The van der Waals surface area contributed by atoms with E-state index in [4.69, 9.17) is 5.73 Å². The Balaban J connectivity index is 2.11. The molecule has 0 aromatic carbocycles. The van der Waals surface area contributed by atoms with Crippen LogP contribution in [0.15, 0.2) is 12.3 Å². The quantitative estimate of drug-likeness (QED) is 0.801. The number of nitrogens with zero attached hydrogens (tertiary/aromatic N) is 2. The van der Waals surface area contributed by atoms with Gasteiger partial charge in [-0.05, 0) is 12.8 Å². The molecule has 1 aliphatic rings. The molecule has 5 nitrogen and oxygen atoms in total. The molecule has 0 saturated heterocycles. The fourth-order valence-electron chi connectivity index (χ4n) is 2.67. The number of hydrogen-bond donors (Lipinski definition) is 2. The molecule has 0 atom stereocenters. The van der Waals surface area contributed by atoms with Gasteiger partial charge in [-0.2, -0.15) is 5.10 Å². The van der Waals surface area contributed by atoms with Gasteiger partial charge in [0.25, 0.3) is 0 Å². The van der Waals surface area contributed by atoms with Crippen molar-refractivity contribution in [3.05, 3.63) is 12.3 Å². The lowest BCUT2D eigenvalue weighted by atomic mass is 9.79. The second kappa shape index (κ2) is 5.52. The first kappa shape index (κ1) is 13.1. The van der Waals surface area contributed by atoms with Crippen molar-refractivity contribution in [2.24, 2.45) is 18.2 Å². The molecule has 1 fully saturated rings. The average Bonchev–Trinajstić information content (AvgIpc) is 2.66. The fraction of sp³-hybridized carbons (Fsp3) is 0.692. The molecule has 0 spiro atoms. The molecule has 3 N–H and O–H groups in total. The molecule has 0 radical (unpaired) electrons. The van der Waals surface area contributed by atoms with Gasteiger partial charge in [-0.15, -0.1) is 0 Å². The summed E-state index contributed by atoms with van der Waals surface area (Å²) in [6.45, 7) is 0.427. The summed E-state index contributed by atoms with van der Waals surface area (Å²) in [4.78, 5) is 12.5. The minimum atomic E-state index is -0.388. The van der Waals surface area contributed by atoms with Crippen LogP contribution in [-0.4, -0.2) is 22.2 Å². The predicted octanol–water partition coefficient (Wildman–Crippen LogP) is 1.66. The van der Waals surface area contributed by atoms with E-state index in [1.807, 2.05) is 7.05 Å². The first-order chi connectivity index (χ1) is 8.68. The Morgan fingerprint density at radius 1 is 1.44 bits per heavy atom. The second-order valence-corrected chi connectivity index (χ2v) is 5.19. The maximum absolute atomic E-state index is 12.5. The standard InChI is InChI=1S/C13H22N4O/c1-17-11(6-9-15-17)16-12(18)13(10-14)7-4-2-3-5-8-13/h6,9H,2-5,7-8,10,14H2,1H3,(H,16,18). The van der Waals surface area contributed by atoms with E-state index >= 15 is 0 Å². The highest BCUT2D eigenvalue weighted by Gasteiger charge is 2.37. The van der Waals surface area contributed by atoms with E-state index in [-0.39, 0.29) is 11.3 Å². The number of anilines is 1. The zero-order valence-electron chi connectivity index (χ0n) is 11.0. The number of carbonyl (C=O) groups is 1. The zero-order chi connectivity index (χ0) is 13.0. The summed E-state index contributed by atoms with van der Waals surface area (Å²) < 4.78 is 1.67. The van der Waals surface area contributed by atoms with Gasteiger partial charge in [0, 0.05) is 19.7 Å². The molecule has 1 aromatic heterocycles. The molecule has 1 aliphatic carbocycles. The average molecular weight is 250 g/mol. The second-order valence-electron chi connectivity index (χ2n) is 5.19. The van der Waals surface area contributed by atoms with Gasteiger partial charge in [0.15, 0.2) is 0 Å². The SMILES string of the molecule is Cn1nccc1NC(=O)C1(CN)CCCCCC1. The lowest BCUT2D eigenvalue weighted by Crippen LogP contribution is -2.42. The summed E-state index contributed by atoms with van der Waals surface area (Å²) in [6, 6.07) is 1.80. The van der Waals surface area contributed by atoms with E-state index in [0.29, 0.717) is 6.54 Å². The molecule has 1 saturated carbocycles. The summed E-state index contributed by atoms with van der Waals surface area (Å²) >= 11 is 0. The monoisotopic (exact) mass is 250 g/mol. The number of nitrogens with one attached hydrogen (secondary N) is 1. The van der Waals surface area contributed by atoms with Gasteiger partial charge >= 0.3 is 0 Å². The smallest absolute Gasteiger partial charge is 0.233 e. The fourth-order valence-corrected chi connectivity index (χ4v) is 2.67. The Bertz CT molecular complexity index is 405. The topological polar surface area (TPSA) is 72.9 Å². The molecule has 2 rings (SSSR count). The highest BCUT2D eigenvalue weighted by Crippen LogP contribution is 2.35. The van der Waals surface area contributed by atoms with Crippen molar-refractivity contribution in [2.75, 3.05) is 11.9 Å². The van der Waals surface area contributed by atoms with Crippen LogP contribution in [0.3, 0.4) is 0 Å². The van der Waals surface area contributed by atoms with Crippen molar-refractivity contribution in [3.63, 3.8) is 0 Å². The molecule has 100 valence electrons. The van der Waals surface area contributed by atoms with Crippen molar-refractivity contribution in [2.45, 2.75) is 38.5 Å². The summed E-state index contributed by atoms with van der Waals surface area (Å²) in [5.41, 5.74) is 5.50. The minimum Gasteiger partial charge on any atom is -0.329 e. The molecule has 1 amide bonds. The van der Waals surface area contributed by atoms with Crippen LogP contribution in [0.25, 0.3) is 0 Å². The summed E-state index contributed by atoms with van der Waals surface area (Å²) in [5, 5.41) is 7.01. The van der Waals surface area contributed by atoms with Gasteiger partial charge in [0.2, 0.25) is 5.91 Å². The number of amides is 1. The third-order valence-electron chi connectivity index (χ3n) is 4.00. The van der Waals surface area contributed by atoms with E-state index in [1.165, 1.54) is 12.8 Å². The number of aromatic nitrogens is 2. The molecule has 0 bridgehead atoms. The molecule has 1 aromatic rings. The van der Waals surface area contributed by atoms with Crippen LogP contribution >= 0.6 is 0 Å². The molecular weight excluding hydrogens is 228 g/mol. The number of nitrogens with two attached hydrogens (primary N) is 1. The van der Waals surface area contributed by atoms with Crippen LogP contribution in [-0.2, 0) is 11.8 Å². The zero-order valence-corrected chi connectivity index (χ0v) is 11.0. The van der Waals surface area contributed by atoms with Gasteiger partial charge in [-0.25, -0.2) is 0 Å². The van der Waals surface area contributed by atoms with Crippen LogP contribution < -0.4 is 11.1 Å². The van der Waals surface area contributed by atoms with Gasteiger partial charge < -0.3 is 11.1 Å². The first-order valence-corrected chi connectivity index (χ1v) is 6.67. The van der Waals surface area contributed by atoms with Crippen LogP contribution in [0.5, 0.6) is 0 Å². The minimum absolute atomic E-state index is 0.0514. The Kier molecular flexibility index (Phi) is 4.01. The Hall–Kier alpha value is -1.36.